The van der Waals surface area contributed by atoms with Gasteiger partial charge in [-0.1, -0.05) is 18.2 Å². The third kappa shape index (κ3) is 5.49. The van der Waals surface area contributed by atoms with Crippen LogP contribution in [0.15, 0.2) is 35.2 Å². The van der Waals surface area contributed by atoms with Crippen LogP contribution in [-0.2, 0) is 14.8 Å². The molecular formula is C15H23N3O3S2. The monoisotopic (exact) mass is 357 g/mol. The molecule has 3 N–H and O–H groups in total. The van der Waals surface area contributed by atoms with Crippen molar-refractivity contribution in [3.63, 3.8) is 0 Å². The van der Waals surface area contributed by atoms with Crippen LogP contribution in [0.25, 0.3) is 0 Å². The van der Waals surface area contributed by atoms with Crippen LogP contribution in [0.3, 0.4) is 0 Å². The minimum absolute atomic E-state index is 0.0699. The number of benzene rings is 1. The van der Waals surface area contributed by atoms with Crippen molar-refractivity contribution in [2.45, 2.75) is 29.8 Å². The molecule has 1 amide bonds. The molecule has 0 radical (unpaired) electrons. The normalized spacial score (nSPS) is 19.4. The van der Waals surface area contributed by atoms with Gasteiger partial charge in [0, 0.05) is 12.6 Å². The molecule has 0 saturated carbocycles. The van der Waals surface area contributed by atoms with Gasteiger partial charge in [0.05, 0.1) is 4.90 Å². The number of hydrogen-bond acceptors (Lipinski definition) is 5. The zero-order chi connectivity index (χ0) is 16.7. The van der Waals surface area contributed by atoms with Crippen LogP contribution in [0.1, 0.15) is 12.8 Å². The molecule has 2 rings (SSSR count). The fourth-order valence-electron chi connectivity index (χ4n) is 2.41. The van der Waals surface area contributed by atoms with E-state index in [1.54, 1.807) is 30.0 Å². The predicted octanol–water partition coefficient (Wildman–Crippen LogP) is 0.565. The summed E-state index contributed by atoms with van der Waals surface area (Å²) < 4.78 is 27.4. The van der Waals surface area contributed by atoms with Crippen molar-refractivity contribution in [1.29, 1.82) is 0 Å². The topological polar surface area (TPSA) is 87.3 Å². The molecule has 1 aromatic carbocycles. The van der Waals surface area contributed by atoms with Gasteiger partial charge < -0.3 is 10.6 Å². The SMILES string of the molecule is CSCCC(NS(=O)(=O)c1ccccc1)C(=O)NC1CCNC1. The first kappa shape index (κ1) is 18.3. The Morgan fingerprint density at radius 3 is 2.74 bits per heavy atom. The standard InChI is InChI=1S/C15H23N3O3S2/c1-22-10-8-14(15(19)17-12-7-9-16-11-12)18-23(20,21)13-5-3-2-4-6-13/h2-6,12,14,16,18H,7-11H2,1H3,(H,17,19). The molecule has 0 bridgehead atoms. The summed E-state index contributed by atoms with van der Waals surface area (Å²) in [7, 11) is -3.70. The van der Waals surface area contributed by atoms with Gasteiger partial charge in [0.15, 0.2) is 0 Å². The van der Waals surface area contributed by atoms with Crippen LogP contribution >= 0.6 is 11.8 Å². The van der Waals surface area contributed by atoms with E-state index in [9.17, 15) is 13.2 Å². The molecule has 1 aliphatic heterocycles. The summed E-state index contributed by atoms with van der Waals surface area (Å²) in [4.78, 5) is 12.6. The second-order valence-corrected chi connectivity index (χ2v) is 8.17. The lowest BCUT2D eigenvalue weighted by Crippen LogP contribution is -2.50. The maximum Gasteiger partial charge on any atom is 0.241 e. The maximum absolute atomic E-state index is 12.4. The summed E-state index contributed by atoms with van der Waals surface area (Å²) in [5, 5.41) is 6.10. The molecule has 23 heavy (non-hydrogen) atoms. The van der Waals surface area contributed by atoms with E-state index < -0.39 is 16.1 Å². The number of nitrogens with one attached hydrogen (secondary N) is 3. The largest absolute Gasteiger partial charge is 0.351 e. The number of thioether (sulfide) groups is 1. The first-order valence-electron chi connectivity index (χ1n) is 7.60. The van der Waals surface area contributed by atoms with Crippen molar-refractivity contribution in [3.8, 4) is 0 Å². The minimum Gasteiger partial charge on any atom is -0.351 e. The van der Waals surface area contributed by atoms with Gasteiger partial charge in [-0.15, -0.1) is 0 Å². The molecule has 1 aromatic rings. The Balaban J connectivity index is 2.06. The highest BCUT2D eigenvalue weighted by Gasteiger charge is 2.27. The molecule has 0 aromatic heterocycles. The maximum atomic E-state index is 12.4. The first-order valence-corrected chi connectivity index (χ1v) is 10.5. The third-order valence-corrected chi connectivity index (χ3v) is 5.82. The molecule has 8 heteroatoms. The second kappa shape index (κ2) is 8.68. The average Bonchev–Trinajstić information content (AvgIpc) is 3.05. The molecule has 128 valence electrons. The molecule has 1 saturated heterocycles. The van der Waals surface area contributed by atoms with Crippen molar-refractivity contribution in [2.24, 2.45) is 0 Å². The number of sulfonamides is 1. The van der Waals surface area contributed by atoms with Crippen LogP contribution in [0.4, 0.5) is 0 Å². The van der Waals surface area contributed by atoms with Crippen molar-refractivity contribution in [3.05, 3.63) is 30.3 Å². The van der Waals surface area contributed by atoms with Gasteiger partial charge in [-0.05, 0) is 43.5 Å². The zero-order valence-corrected chi connectivity index (χ0v) is 14.8. The lowest BCUT2D eigenvalue weighted by atomic mass is 10.2. The van der Waals surface area contributed by atoms with E-state index in [1.807, 2.05) is 6.26 Å². The predicted molar refractivity (Wildman–Crippen MR) is 93.0 cm³/mol. The summed E-state index contributed by atoms with van der Waals surface area (Å²) >= 11 is 1.58. The summed E-state index contributed by atoms with van der Waals surface area (Å²) in [6.45, 7) is 1.60. The van der Waals surface area contributed by atoms with Gasteiger partial charge in [-0.25, -0.2) is 8.42 Å². The van der Waals surface area contributed by atoms with E-state index >= 15 is 0 Å². The summed E-state index contributed by atoms with van der Waals surface area (Å²) in [5.74, 6) is 0.449. The molecule has 1 fully saturated rings. The minimum atomic E-state index is -3.70. The van der Waals surface area contributed by atoms with Crippen molar-refractivity contribution in [2.75, 3.05) is 25.1 Å². The summed E-state index contributed by atoms with van der Waals surface area (Å²) in [5.41, 5.74) is 0. The van der Waals surface area contributed by atoms with E-state index in [0.717, 1.165) is 19.5 Å². The average molecular weight is 358 g/mol. The van der Waals surface area contributed by atoms with Crippen LogP contribution < -0.4 is 15.4 Å². The lowest BCUT2D eigenvalue weighted by Gasteiger charge is -2.20. The molecule has 0 spiro atoms. The zero-order valence-electron chi connectivity index (χ0n) is 13.1. The van der Waals surface area contributed by atoms with Gasteiger partial charge in [0.25, 0.3) is 0 Å². The number of hydrogen-bond donors (Lipinski definition) is 3. The van der Waals surface area contributed by atoms with Gasteiger partial charge in [-0.2, -0.15) is 16.5 Å². The van der Waals surface area contributed by atoms with Gasteiger partial charge in [0.1, 0.15) is 6.04 Å². The molecule has 2 unspecified atom stereocenters. The molecule has 1 heterocycles. The second-order valence-electron chi connectivity index (χ2n) is 5.47. The van der Waals surface area contributed by atoms with E-state index in [-0.39, 0.29) is 16.8 Å². The van der Waals surface area contributed by atoms with Gasteiger partial charge >= 0.3 is 0 Å². The third-order valence-electron chi connectivity index (χ3n) is 3.68. The number of carbonyl (C=O) groups excluding carboxylic acids is 1. The Morgan fingerprint density at radius 2 is 2.13 bits per heavy atom. The first-order chi connectivity index (χ1) is 11.0. The molecular weight excluding hydrogens is 334 g/mol. The fraction of sp³-hybridized carbons (Fsp3) is 0.533. The molecule has 2 atom stereocenters. The van der Waals surface area contributed by atoms with Gasteiger partial charge in [0.2, 0.25) is 15.9 Å². The Kier molecular flexibility index (Phi) is 6.88. The van der Waals surface area contributed by atoms with E-state index in [2.05, 4.69) is 15.4 Å². The number of amides is 1. The Bertz CT molecular complexity index is 602. The highest BCUT2D eigenvalue weighted by Crippen LogP contribution is 2.11. The van der Waals surface area contributed by atoms with Crippen LogP contribution in [0.5, 0.6) is 0 Å². The quantitative estimate of drug-likeness (QED) is 0.633. The summed E-state index contributed by atoms with van der Waals surface area (Å²) in [6, 6.07) is 7.43. The highest BCUT2D eigenvalue weighted by molar-refractivity contribution is 7.98. The molecule has 1 aliphatic rings. The molecule has 0 aliphatic carbocycles. The fourth-order valence-corrected chi connectivity index (χ4v) is 4.14. The number of carbonyl (C=O) groups is 1. The highest BCUT2D eigenvalue weighted by atomic mass is 32.2. The van der Waals surface area contributed by atoms with Crippen molar-refractivity contribution >= 4 is 27.7 Å². The van der Waals surface area contributed by atoms with E-state index in [1.165, 1.54) is 12.1 Å². The van der Waals surface area contributed by atoms with Crippen molar-refractivity contribution < 1.29 is 13.2 Å². The van der Waals surface area contributed by atoms with Crippen LogP contribution in [-0.4, -0.2) is 51.5 Å². The van der Waals surface area contributed by atoms with Crippen LogP contribution in [0, 0.1) is 0 Å². The smallest absolute Gasteiger partial charge is 0.241 e. The van der Waals surface area contributed by atoms with E-state index in [4.69, 9.17) is 0 Å². The van der Waals surface area contributed by atoms with E-state index in [0.29, 0.717) is 12.2 Å². The molecule has 6 nitrogen and oxygen atoms in total. The Morgan fingerprint density at radius 1 is 1.39 bits per heavy atom. The Labute approximate surface area is 141 Å². The van der Waals surface area contributed by atoms with Gasteiger partial charge in [-0.3, -0.25) is 4.79 Å². The lowest BCUT2D eigenvalue weighted by molar-refractivity contribution is -0.123. The Hall–Kier alpha value is -1.09. The number of rotatable bonds is 8. The summed E-state index contributed by atoms with van der Waals surface area (Å²) in [6.07, 6.45) is 3.26. The van der Waals surface area contributed by atoms with Crippen molar-refractivity contribution in [1.82, 2.24) is 15.4 Å². The van der Waals surface area contributed by atoms with Crippen LogP contribution in [0.2, 0.25) is 0 Å².